The summed E-state index contributed by atoms with van der Waals surface area (Å²) >= 11 is 9.09. The van der Waals surface area contributed by atoms with E-state index in [0.717, 1.165) is 4.47 Å². The van der Waals surface area contributed by atoms with Gasteiger partial charge in [0.25, 0.3) is 5.91 Å². The molecule has 1 aromatic carbocycles. The standard InChI is InChI=1S/C10H7BrClN3O2/c1-5-14-15-10(17-5)13-9(16)6-2-7(11)4-8(12)3-6/h2-4H,1H3,(H,13,15,16). The van der Waals surface area contributed by atoms with Gasteiger partial charge in [-0.15, -0.1) is 5.10 Å². The third-order valence-electron chi connectivity index (χ3n) is 1.87. The molecule has 5 nitrogen and oxygen atoms in total. The summed E-state index contributed by atoms with van der Waals surface area (Å²) in [6, 6.07) is 4.94. The van der Waals surface area contributed by atoms with Gasteiger partial charge in [-0.25, -0.2) is 0 Å². The van der Waals surface area contributed by atoms with Crippen LogP contribution in [0.3, 0.4) is 0 Å². The Kier molecular flexibility index (Phi) is 3.44. The van der Waals surface area contributed by atoms with Crippen LogP contribution in [0.25, 0.3) is 0 Å². The fraction of sp³-hybridized carbons (Fsp3) is 0.100. The fourth-order valence-corrected chi connectivity index (χ4v) is 2.06. The molecule has 0 radical (unpaired) electrons. The van der Waals surface area contributed by atoms with Crippen molar-refractivity contribution in [3.63, 3.8) is 0 Å². The van der Waals surface area contributed by atoms with Crippen LogP contribution in [0.1, 0.15) is 16.2 Å². The molecule has 0 aliphatic carbocycles. The van der Waals surface area contributed by atoms with Gasteiger partial charge in [-0.05, 0) is 18.2 Å². The maximum atomic E-state index is 11.8. The van der Waals surface area contributed by atoms with E-state index in [0.29, 0.717) is 16.5 Å². The predicted molar refractivity (Wildman–Crippen MR) is 66.1 cm³/mol. The minimum absolute atomic E-state index is 0.0589. The van der Waals surface area contributed by atoms with Crippen LogP contribution in [0.15, 0.2) is 27.1 Å². The molecule has 0 aliphatic heterocycles. The van der Waals surface area contributed by atoms with Crippen molar-refractivity contribution in [2.24, 2.45) is 0 Å². The third-order valence-corrected chi connectivity index (χ3v) is 2.55. The lowest BCUT2D eigenvalue weighted by atomic mass is 10.2. The van der Waals surface area contributed by atoms with Gasteiger partial charge >= 0.3 is 6.01 Å². The summed E-state index contributed by atoms with van der Waals surface area (Å²) in [4.78, 5) is 11.8. The first-order valence-electron chi connectivity index (χ1n) is 4.62. The van der Waals surface area contributed by atoms with E-state index in [1.165, 1.54) is 0 Å². The van der Waals surface area contributed by atoms with Crippen LogP contribution in [-0.2, 0) is 0 Å². The third kappa shape index (κ3) is 3.04. The summed E-state index contributed by atoms with van der Waals surface area (Å²) in [5.41, 5.74) is 0.403. The highest BCUT2D eigenvalue weighted by atomic mass is 79.9. The van der Waals surface area contributed by atoms with Crippen LogP contribution in [0.4, 0.5) is 6.01 Å². The van der Waals surface area contributed by atoms with Crippen molar-refractivity contribution in [3.8, 4) is 0 Å². The molecule has 1 heterocycles. The Labute approximate surface area is 110 Å². The number of hydrogen-bond donors (Lipinski definition) is 1. The first-order chi connectivity index (χ1) is 8.04. The zero-order chi connectivity index (χ0) is 12.4. The predicted octanol–water partition coefficient (Wildman–Crippen LogP) is 3.05. The van der Waals surface area contributed by atoms with E-state index in [-0.39, 0.29) is 11.9 Å². The quantitative estimate of drug-likeness (QED) is 0.924. The van der Waals surface area contributed by atoms with Gasteiger partial charge in [0, 0.05) is 22.0 Å². The van der Waals surface area contributed by atoms with Crippen LogP contribution in [-0.4, -0.2) is 16.1 Å². The zero-order valence-electron chi connectivity index (χ0n) is 8.70. The average molecular weight is 317 g/mol. The van der Waals surface area contributed by atoms with Gasteiger partial charge in [-0.3, -0.25) is 10.1 Å². The Morgan fingerprint density at radius 3 is 2.76 bits per heavy atom. The molecule has 0 atom stereocenters. The number of nitrogens with one attached hydrogen (secondary N) is 1. The van der Waals surface area contributed by atoms with Crippen molar-refractivity contribution in [2.75, 3.05) is 5.32 Å². The average Bonchev–Trinajstić information content (AvgIpc) is 2.62. The van der Waals surface area contributed by atoms with E-state index < -0.39 is 0 Å². The number of carbonyl (C=O) groups excluding carboxylic acids is 1. The van der Waals surface area contributed by atoms with Crippen molar-refractivity contribution in [3.05, 3.63) is 39.1 Å². The van der Waals surface area contributed by atoms with Gasteiger partial charge in [0.05, 0.1) is 0 Å². The molecule has 0 unspecified atom stereocenters. The first kappa shape index (κ1) is 12.1. The van der Waals surface area contributed by atoms with Gasteiger partial charge in [0.15, 0.2) is 0 Å². The number of aryl methyl sites for hydroxylation is 1. The Balaban J connectivity index is 2.19. The van der Waals surface area contributed by atoms with Crippen LogP contribution >= 0.6 is 27.5 Å². The summed E-state index contributed by atoms with van der Waals surface area (Å²) in [5, 5.41) is 10.2. The number of rotatable bonds is 2. The topological polar surface area (TPSA) is 68.0 Å². The smallest absolute Gasteiger partial charge is 0.322 e. The van der Waals surface area contributed by atoms with Crippen molar-refractivity contribution in [2.45, 2.75) is 6.92 Å². The van der Waals surface area contributed by atoms with Crippen molar-refractivity contribution < 1.29 is 9.21 Å². The van der Waals surface area contributed by atoms with Crippen LogP contribution < -0.4 is 5.32 Å². The minimum Gasteiger partial charge on any atom is -0.408 e. The van der Waals surface area contributed by atoms with Crippen LogP contribution in [0, 0.1) is 6.92 Å². The molecule has 7 heteroatoms. The largest absolute Gasteiger partial charge is 0.408 e. The minimum atomic E-state index is -0.364. The van der Waals surface area contributed by atoms with Crippen LogP contribution in [0.2, 0.25) is 5.02 Å². The highest BCUT2D eigenvalue weighted by Gasteiger charge is 2.11. The zero-order valence-corrected chi connectivity index (χ0v) is 11.0. The van der Waals surface area contributed by atoms with Crippen molar-refractivity contribution >= 4 is 39.5 Å². The van der Waals surface area contributed by atoms with Gasteiger partial charge < -0.3 is 4.42 Å². The second-order valence-corrected chi connectivity index (χ2v) is 4.59. The molecule has 0 spiro atoms. The molecule has 0 saturated carbocycles. The molecule has 17 heavy (non-hydrogen) atoms. The number of halogens is 2. The maximum Gasteiger partial charge on any atom is 0.322 e. The first-order valence-corrected chi connectivity index (χ1v) is 5.79. The number of hydrogen-bond acceptors (Lipinski definition) is 4. The summed E-state index contributed by atoms with van der Waals surface area (Å²) < 4.78 is 5.76. The Bertz CT molecular complexity index is 550. The SMILES string of the molecule is Cc1nnc(NC(=O)c2cc(Cl)cc(Br)c2)o1. The molecular weight excluding hydrogens is 309 g/mol. The molecule has 2 rings (SSSR count). The second kappa shape index (κ2) is 4.85. The van der Waals surface area contributed by atoms with Gasteiger partial charge in [-0.2, -0.15) is 0 Å². The molecule has 0 saturated heterocycles. The molecule has 2 aromatic rings. The van der Waals surface area contributed by atoms with Gasteiger partial charge in [0.2, 0.25) is 5.89 Å². The number of carbonyl (C=O) groups is 1. The lowest BCUT2D eigenvalue weighted by molar-refractivity contribution is 0.102. The molecule has 1 amide bonds. The molecule has 1 aromatic heterocycles. The van der Waals surface area contributed by atoms with Gasteiger partial charge in [0.1, 0.15) is 0 Å². The van der Waals surface area contributed by atoms with E-state index in [1.807, 2.05) is 0 Å². The van der Waals surface area contributed by atoms with Crippen molar-refractivity contribution in [1.29, 1.82) is 0 Å². The maximum absolute atomic E-state index is 11.8. The normalized spacial score (nSPS) is 10.3. The summed E-state index contributed by atoms with van der Waals surface area (Å²) in [7, 11) is 0. The number of aromatic nitrogens is 2. The molecule has 0 fully saturated rings. The number of amides is 1. The van der Waals surface area contributed by atoms with E-state index in [9.17, 15) is 4.79 Å². The highest BCUT2D eigenvalue weighted by molar-refractivity contribution is 9.10. The molecule has 88 valence electrons. The Morgan fingerprint density at radius 1 is 1.41 bits per heavy atom. The lowest BCUT2D eigenvalue weighted by Gasteiger charge is -2.02. The Hall–Kier alpha value is -1.40. The molecular formula is C10H7BrClN3O2. The van der Waals surface area contributed by atoms with E-state index in [4.69, 9.17) is 16.0 Å². The molecule has 0 aliphatic rings. The Morgan fingerprint density at radius 2 is 2.18 bits per heavy atom. The van der Waals surface area contributed by atoms with Crippen LogP contribution in [0.5, 0.6) is 0 Å². The number of anilines is 1. The fourth-order valence-electron chi connectivity index (χ4n) is 1.20. The highest BCUT2D eigenvalue weighted by Crippen LogP contribution is 2.20. The second-order valence-electron chi connectivity index (χ2n) is 3.24. The summed E-state index contributed by atoms with van der Waals surface area (Å²) in [6.45, 7) is 1.64. The van der Waals surface area contributed by atoms with Gasteiger partial charge in [-0.1, -0.05) is 32.6 Å². The summed E-state index contributed by atoms with van der Waals surface area (Å²) in [5.74, 6) is 0.0180. The van der Waals surface area contributed by atoms with E-state index >= 15 is 0 Å². The monoisotopic (exact) mass is 315 g/mol. The lowest BCUT2D eigenvalue weighted by Crippen LogP contribution is -2.12. The molecule has 0 bridgehead atoms. The van der Waals surface area contributed by atoms with Crippen molar-refractivity contribution in [1.82, 2.24) is 10.2 Å². The van der Waals surface area contributed by atoms with E-state index in [2.05, 4.69) is 31.4 Å². The summed E-state index contributed by atoms with van der Waals surface area (Å²) in [6.07, 6.45) is 0. The van der Waals surface area contributed by atoms with E-state index in [1.54, 1.807) is 25.1 Å². The molecule has 1 N–H and O–H groups in total. The number of nitrogens with zero attached hydrogens (tertiary/aromatic N) is 2. The number of benzene rings is 1.